The zero-order valence-electron chi connectivity index (χ0n) is 11.8. The van der Waals surface area contributed by atoms with E-state index in [0.717, 1.165) is 23.4 Å². The summed E-state index contributed by atoms with van der Waals surface area (Å²) >= 11 is 0. The Balaban J connectivity index is 1.78. The van der Waals surface area contributed by atoms with Gasteiger partial charge in [0.05, 0.1) is 0 Å². The number of halogens is 1. The number of carbonyl (C=O) groups is 1. The molecule has 1 aliphatic rings. The van der Waals surface area contributed by atoms with E-state index < -0.39 is 0 Å². The predicted octanol–water partition coefficient (Wildman–Crippen LogP) is 3.50. The fraction of sp³-hybridized carbons (Fsp3) is 0.235. The number of aryl methyl sites for hydroxylation is 2. The van der Waals surface area contributed by atoms with Crippen LogP contribution in [0.2, 0.25) is 0 Å². The van der Waals surface area contributed by atoms with Gasteiger partial charge >= 0.3 is 0 Å². The highest BCUT2D eigenvalue weighted by molar-refractivity contribution is 5.97. The third-order valence-corrected chi connectivity index (χ3v) is 3.79. The molecule has 2 aromatic carbocycles. The monoisotopic (exact) mass is 284 g/mol. The molecule has 2 N–H and O–H groups in total. The van der Waals surface area contributed by atoms with Gasteiger partial charge in [-0.15, -0.1) is 0 Å². The van der Waals surface area contributed by atoms with Crippen molar-refractivity contribution >= 4 is 17.3 Å². The van der Waals surface area contributed by atoms with Crippen molar-refractivity contribution in [2.45, 2.75) is 25.8 Å². The van der Waals surface area contributed by atoms with E-state index in [1.165, 1.54) is 6.07 Å². The lowest BCUT2D eigenvalue weighted by Crippen LogP contribution is -2.33. The lowest BCUT2D eigenvalue weighted by atomic mass is 10.1. The summed E-state index contributed by atoms with van der Waals surface area (Å²) in [6.07, 6.45) is 1.53. The first-order valence-corrected chi connectivity index (χ1v) is 7.05. The molecule has 0 saturated carbocycles. The van der Waals surface area contributed by atoms with Crippen molar-refractivity contribution in [2.75, 3.05) is 10.6 Å². The minimum Gasteiger partial charge on any atom is -0.374 e. The van der Waals surface area contributed by atoms with E-state index in [9.17, 15) is 9.18 Å². The Bertz CT molecular complexity index is 684. The van der Waals surface area contributed by atoms with Crippen LogP contribution in [0.5, 0.6) is 0 Å². The molecule has 4 heteroatoms. The molecule has 3 nitrogen and oxygen atoms in total. The molecular formula is C17H17FN2O. The normalized spacial score (nSPS) is 17.6. The zero-order valence-corrected chi connectivity index (χ0v) is 11.8. The van der Waals surface area contributed by atoms with Gasteiger partial charge in [-0.05, 0) is 55.2 Å². The number of anilines is 2. The van der Waals surface area contributed by atoms with E-state index >= 15 is 0 Å². The number of nitrogens with one attached hydrogen (secondary N) is 2. The van der Waals surface area contributed by atoms with Crippen LogP contribution in [0.3, 0.4) is 0 Å². The van der Waals surface area contributed by atoms with E-state index in [-0.39, 0.29) is 17.8 Å². The molecule has 21 heavy (non-hydrogen) atoms. The largest absolute Gasteiger partial charge is 0.374 e. The molecule has 0 spiro atoms. The van der Waals surface area contributed by atoms with Gasteiger partial charge < -0.3 is 10.6 Å². The van der Waals surface area contributed by atoms with Crippen LogP contribution in [-0.2, 0) is 11.2 Å². The smallest absolute Gasteiger partial charge is 0.246 e. The van der Waals surface area contributed by atoms with Gasteiger partial charge in [0.2, 0.25) is 5.91 Å². The molecule has 1 unspecified atom stereocenters. The van der Waals surface area contributed by atoms with Gasteiger partial charge in [0.25, 0.3) is 0 Å². The Hall–Kier alpha value is -2.36. The summed E-state index contributed by atoms with van der Waals surface area (Å²) in [6.45, 7) is 1.71. The second-order valence-electron chi connectivity index (χ2n) is 5.35. The number of para-hydroxylation sites is 1. The van der Waals surface area contributed by atoms with Crippen molar-refractivity contribution < 1.29 is 9.18 Å². The van der Waals surface area contributed by atoms with Crippen LogP contribution >= 0.6 is 0 Å². The molecule has 3 rings (SSSR count). The Morgan fingerprint density at radius 2 is 2.05 bits per heavy atom. The number of hydrogen-bond acceptors (Lipinski definition) is 2. The van der Waals surface area contributed by atoms with Gasteiger partial charge in [-0.25, -0.2) is 4.39 Å². The first kappa shape index (κ1) is 13.6. The molecule has 0 radical (unpaired) electrons. The Kier molecular flexibility index (Phi) is 3.60. The first-order valence-electron chi connectivity index (χ1n) is 7.05. The van der Waals surface area contributed by atoms with Gasteiger partial charge in [0.1, 0.15) is 11.9 Å². The van der Waals surface area contributed by atoms with Crippen molar-refractivity contribution in [1.82, 2.24) is 0 Å². The summed E-state index contributed by atoms with van der Waals surface area (Å²) in [5, 5.41) is 6.14. The summed E-state index contributed by atoms with van der Waals surface area (Å²) < 4.78 is 13.3. The molecule has 2 aromatic rings. The van der Waals surface area contributed by atoms with Gasteiger partial charge in [0.15, 0.2) is 0 Å². The summed E-state index contributed by atoms with van der Waals surface area (Å²) in [5.74, 6) is -0.291. The summed E-state index contributed by atoms with van der Waals surface area (Å²) in [5.41, 5.74) is 3.35. The Morgan fingerprint density at radius 1 is 1.24 bits per heavy atom. The molecule has 1 amide bonds. The van der Waals surface area contributed by atoms with E-state index in [4.69, 9.17) is 0 Å². The maximum atomic E-state index is 13.3. The molecule has 1 heterocycles. The first-order chi connectivity index (χ1) is 10.1. The molecule has 1 aliphatic heterocycles. The SMILES string of the molecule is Cc1cc(NC2CCc3ccccc3NC2=O)ccc1F. The third-order valence-electron chi connectivity index (χ3n) is 3.79. The molecule has 0 saturated heterocycles. The fourth-order valence-corrected chi connectivity index (χ4v) is 2.58. The van der Waals surface area contributed by atoms with E-state index in [1.54, 1.807) is 19.1 Å². The number of fused-ring (bicyclic) bond motifs is 1. The molecule has 108 valence electrons. The van der Waals surface area contributed by atoms with Crippen molar-refractivity contribution in [3.63, 3.8) is 0 Å². The highest BCUT2D eigenvalue weighted by Gasteiger charge is 2.23. The number of rotatable bonds is 2. The standard InChI is InChI=1S/C17H17FN2O/c1-11-10-13(7-8-14(11)18)19-16-9-6-12-4-2-3-5-15(12)20-17(16)21/h2-5,7-8,10,16,19H,6,9H2,1H3,(H,20,21). The van der Waals surface area contributed by atoms with Gasteiger partial charge in [0, 0.05) is 11.4 Å². The Labute approximate surface area is 123 Å². The zero-order chi connectivity index (χ0) is 14.8. The highest BCUT2D eigenvalue weighted by atomic mass is 19.1. The molecule has 0 aliphatic carbocycles. The number of benzene rings is 2. The number of amides is 1. The van der Waals surface area contributed by atoms with E-state index in [2.05, 4.69) is 10.6 Å². The predicted molar refractivity (Wildman–Crippen MR) is 81.9 cm³/mol. The lowest BCUT2D eigenvalue weighted by Gasteiger charge is -2.17. The summed E-state index contributed by atoms with van der Waals surface area (Å²) in [7, 11) is 0. The number of carbonyl (C=O) groups excluding carboxylic acids is 1. The molecular weight excluding hydrogens is 267 g/mol. The van der Waals surface area contributed by atoms with E-state index in [0.29, 0.717) is 12.0 Å². The third kappa shape index (κ3) is 2.89. The number of hydrogen-bond donors (Lipinski definition) is 2. The Morgan fingerprint density at radius 3 is 2.86 bits per heavy atom. The minimum absolute atomic E-state index is 0.0538. The second kappa shape index (κ2) is 5.56. The average molecular weight is 284 g/mol. The van der Waals surface area contributed by atoms with Crippen LogP contribution in [0.4, 0.5) is 15.8 Å². The van der Waals surface area contributed by atoms with Crippen molar-refractivity contribution in [3.8, 4) is 0 Å². The van der Waals surface area contributed by atoms with Crippen LogP contribution in [0.15, 0.2) is 42.5 Å². The van der Waals surface area contributed by atoms with Crippen LogP contribution in [0, 0.1) is 12.7 Å². The van der Waals surface area contributed by atoms with Crippen molar-refractivity contribution in [1.29, 1.82) is 0 Å². The van der Waals surface area contributed by atoms with Crippen molar-refractivity contribution in [3.05, 3.63) is 59.4 Å². The summed E-state index contributed by atoms with van der Waals surface area (Å²) in [4.78, 5) is 12.3. The average Bonchev–Trinajstić information content (AvgIpc) is 2.63. The molecule has 0 aromatic heterocycles. The van der Waals surface area contributed by atoms with Gasteiger partial charge in [-0.1, -0.05) is 18.2 Å². The van der Waals surface area contributed by atoms with E-state index in [1.807, 2.05) is 24.3 Å². The molecule has 0 fully saturated rings. The maximum absolute atomic E-state index is 13.3. The van der Waals surface area contributed by atoms with Crippen LogP contribution in [0.25, 0.3) is 0 Å². The molecule has 0 bridgehead atoms. The highest BCUT2D eigenvalue weighted by Crippen LogP contribution is 2.23. The van der Waals surface area contributed by atoms with Gasteiger partial charge in [-0.2, -0.15) is 0 Å². The second-order valence-corrected chi connectivity index (χ2v) is 5.35. The maximum Gasteiger partial charge on any atom is 0.246 e. The topological polar surface area (TPSA) is 41.1 Å². The van der Waals surface area contributed by atoms with Crippen LogP contribution < -0.4 is 10.6 Å². The van der Waals surface area contributed by atoms with Gasteiger partial charge in [-0.3, -0.25) is 4.79 Å². The lowest BCUT2D eigenvalue weighted by molar-refractivity contribution is -0.116. The van der Waals surface area contributed by atoms with Crippen molar-refractivity contribution in [2.24, 2.45) is 0 Å². The van der Waals surface area contributed by atoms with Crippen LogP contribution in [0.1, 0.15) is 17.5 Å². The molecule has 1 atom stereocenters. The summed E-state index contributed by atoms with van der Waals surface area (Å²) in [6, 6.07) is 12.3. The van der Waals surface area contributed by atoms with Crippen LogP contribution in [-0.4, -0.2) is 11.9 Å². The quantitative estimate of drug-likeness (QED) is 0.886. The minimum atomic E-state index is -0.317. The fourth-order valence-electron chi connectivity index (χ4n) is 2.58.